The van der Waals surface area contributed by atoms with Gasteiger partial charge >= 0.3 is 0 Å². The minimum Gasteiger partial charge on any atom is -0.492 e. The Hall–Kier alpha value is -5.10. The van der Waals surface area contributed by atoms with Gasteiger partial charge in [0.25, 0.3) is 0 Å². The third-order valence-electron chi connectivity index (χ3n) is 6.97. The van der Waals surface area contributed by atoms with Gasteiger partial charge in [-0.2, -0.15) is 5.26 Å². The molecule has 1 amide bonds. The molecule has 1 aromatic heterocycles. The number of amides is 1. The molecule has 0 saturated heterocycles. The molecule has 0 saturated carbocycles. The second-order valence-electron chi connectivity index (χ2n) is 10.4. The van der Waals surface area contributed by atoms with E-state index in [1.807, 2.05) is 56.3 Å². The predicted molar refractivity (Wildman–Crippen MR) is 180 cm³/mol. The number of hydrogen-bond donors (Lipinski definition) is 3. The van der Waals surface area contributed by atoms with E-state index in [0.29, 0.717) is 64.0 Å². The van der Waals surface area contributed by atoms with Crippen molar-refractivity contribution in [2.75, 3.05) is 43.2 Å². The molecule has 9 heteroatoms. The summed E-state index contributed by atoms with van der Waals surface area (Å²) in [6, 6.07) is 25.9. The van der Waals surface area contributed by atoms with Gasteiger partial charge in [0, 0.05) is 42.5 Å². The van der Waals surface area contributed by atoms with Crippen molar-refractivity contribution in [1.29, 1.82) is 5.26 Å². The van der Waals surface area contributed by atoms with Crippen LogP contribution in [0.4, 0.5) is 22.7 Å². The molecule has 3 N–H and O–H groups in total. The molecule has 0 fully saturated rings. The number of likely N-dealkylation sites (N-methyl/N-ethyl adjacent to an activating group) is 1. The van der Waals surface area contributed by atoms with E-state index in [1.165, 1.54) is 28.6 Å². The van der Waals surface area contributed by atoms with E-state index >= 15 is 0 Å². The first-order valence-electron chi connectivity index (χ1n) is 14.2. The lowest BCUT2D eigenvalue weighted by atomic mass is 10.0. The van der Waals surface area contributed by atoms with E-state index in [9.17, 15) is 10.1 Å². The third kappa shape index (κ3) is 7.09. The number of rotatable bonds is 11. The quantitative estimate of drug-likeness (QED) is 0.133. The van der Waals surface area contributed by atoms with Crippen LogP contribution in [-0.2, 0) is 11.3 Å². The fourth-order valence-electron chi connectivity index (χ4n) is 4.87. The first-order valence-corrected chi connectivity index (χ1v) is 14.6. The third-order valence-corrected chi connectivity index (χ3v) is 7.29. The summed E-state index contributed by atoms with van der Waals surface area (Å²) in [6.07, 6.45) is 4.79. The Morgan fingerprint density at radius 3 is 2.64 bits per heavy atom. The molecule has 5 aromatic rings. The zero-order valence-corrected chi connectivity index (χ0v) is 25.6. The monoisotopic (exact) mass is 604 g/mol. The van der Waals surface area contributed by atoms with Crippen LogP contribution in [-0.4, -0.2) is 43.0 Å². The molecule has 0 aliphatic carbocycles. The Labute approximate surface area is 261 Å². The van der Waals surface area contributed by atoms with Crippen LogP contribution in [0.2, 0.25) is 5.02 Å². The first-order chi connectivity index (χ1) is 21.4. The highest BCUT2D eigenvalue weighted by atomic mass is 35.5. The molecule has 1 heterocycles. The molecule has 0 bridgehead atoms. The Morgan fingerprint density at radius 2 is 1.86 bits per heavy atom. The van der Waals surface area contributed by atoms with Gasteiger partial charge in [-0.05, 0) is 61.6 Å². The number of anilines is 4. The molecular formula is C35H33ClN6O2. The van der Waals surface area contributed by atoms with Gasteiger partial charge in [0.05, 0.1) is 39.8 Å². The number of nitrogens with one attached hydrogen (secondary N) is 3. The summed E-state index contributed by atoms with van der Waals surface area (Å²) in [5.74, 6) is 0.201. The smallest absolute Gasteiger partial charge is 0.248 e. The van der Waals surface area contributed by atoms with Crippen LogP contribution in [0.5, 0.6) is 5.75 Å². The van der Waals surface area contributed by atoms with Crippen LogP contribution in [0, 0.1) is 11.3 Å². The second kappa shape index (κ2) is 13.9. The summed E-state index contributed by atoms with van der Waals surface area (Å²) in [5.41, 5.74) is 4.64. The first kappa shape index (κ1) is 30.4. The van der Waals surface area contributed by atoms with Gasteiger partial charge in [-0.25, -0.2) is 0 Å². The van der Waals surface area contributed by atoms with E-state index in [-0.39, 0.29) is 5.91 Å². The van der Waals surface area contributed by atoms with Gasteiger partial charge in [0.1, 0.15) is 11.8 Å². The topological polar surface area (TPSA) is 102 Å². The lowest BCUT2D eigenvalue weighted by Crippen LogP contribution is -2.13. The summed E-state index contributed by atoms with van der Waals surface area (Å²) in [6.45, 7) is 3.53. The highest BCUT2D eigenvalue weighted by Crippen LogP contribution is 2.37. The second-order valence-corrected chi connectivity index (χ2v) is 10.8. The number of benzene rings is 4. The summed E-state index contributed by atoms with van der Waals surface area (Å²) < 4.78 is 5.81. The zero-order chi connectivity index (χ0) is 31.1. The Balaban J connectivity index is 1.42. The number of aromatic nitrogens is 1. The van der Waals surface area contributed by atoms with E-state index in [1.54, 1.807) is 18.2 Å². The molecular weight excluding hydrogens is 572 g/mol. The summed E-state index contributed by atoms with van der Waals surface area (Å²) in [4.78, 5) is 19.1. The van der Waals surface area contributed by atoms with Crippen LogP contribution in [0.3, 0.4) is 0 Å². The minimum absolute atomic E-state index is 0.288. The van der Waals surface area contributed by atoms with Crippen LogP contribution in [0.25, 0.3) is 21.7 Å². The number of carbonyl (C=O) groups excluding carboxylic acids is 1. The van der Waals surface area contributed by atoms with Crippen molar-refractivity contribution >= 4 is 61.9 Å². The Kier molecular flexibility index (Phi) is 9.60. The van der Waals surface area contributed by atoms with Crippen LogP contribution in [0.15, 0.2) is 91.1 Å². The maximum Gasteiger partial charge on any atom is 0.248 e. The van der Waals surface area contributed by atoms with E-state index in [2.05, 4.69) is 57.3 Å². The standard InChI is InChI=1S/C35H33ClN6O2/c1-4-44-33-19-31-28(18-32(33)41-34(43)13-8-16-42(2)3)35(25(20-37)22-39-31)40-26-14-15-30(29(36)17-26)38-21-24-11-7-10-23-9-5-6-12-27(23)24/h5-15,17-19,22,38H,4,16,21H2,1-3H3,(H,39,40)(H,41,43)/b13-8+. The number of nitrogens with zero attached hydrogens (tertiary/aromatic N) is 3. The van der Waals surface area contributed by atoms with Gasteiger partial charge < -0.3 is 25.6 Å². The SMILES string of the molecule is CCOc1cc2ncc(C#N)c(Nc3ccc(NCc4cccc5ccccc45)c(Cl)c3)c2cc1NC(=O)/C=C/CN(C)C. The number of pyridine rings is 1. The fraction of sp³-hybridized carbons (Fsp3) is 0.171. The molecule has 8 nitrogen and oxygen atoms in total. The number of halogens is 1. The predicted octanol–water partition coefficient (Wildman–Crippen LogP) is 7.72. The molecule has 0 spiro atoms. The highest BCUT2D eigenvalue weighted by Gasteiger charge is 2.16. The number of ether oxygens (including phenoxy) is 1. The average molecular weight is 605 g/mol. The fourth-order valence-corrected chi connectivity index (χ4v) is 5.12. The molecule has 0 unspecified atom stereocenters. The molecule has 0 atom stereocenters. The van der Waals surface area contributed by atoms with Crippen LogP contribution < -0.4 is 20.7 Å². The number of carbonyl (C=O) groups is 1. The molecule has 222 valence electrons. The van der Waals surface area contributed by atoms with Crippen molar-refractivity contribution in [2.45, 2.75) is 13.5 Å². The zero-order valence-electron chi connectivity index (χ0n) is 24.8. The molecule has 4 aromatic carbocycles. The van der Waals surface area contributed by atoms with Crippen LogP contribution in [0.1, 0.15) is 18.1 Å². The normalized spacial score (nSPS) is 11.2. The Morgan fingerprint density at radius 1 is 1.05 bits per heavy atom. The van der Waals surface area contributed by atoms with Crippen molar-refractivity contribution in [3.63, 3.8) is 0 Å². The lowest BCUT2D eigenvalue weighted by molar-refractivity contribution is -0.111. The Bertz CT molecular complexity index is 1890. The number of fused-ring (bicyclic) bond motifs is 2. The van der Waals surface area contributed by atoms with Gasteiger partial charge in [-0.15, -0.1) is 0 Å². The highest BCUT2D eigenvalue weighted by molar-refractivity contribution is 6.33. The minimum atomic E-state index is -0.288. The maximum atomic E-state index is 12.7. The molecule has 5 rings (SSSR count). The van der Waals surface area contributed by atoms with Crippen molar-refractivity contribution in [3.05, 3.63) is 107 Å². The summed E-state index contributed by atoms with van der Waals surface area (Å²) >= 11 is 6.72. The van der Waals surface area contributed by atoms with Crippen molar-refractivity contribution in [2.24, 2.45) is 0 Å². The molecule has 0 radical (unpaired) electrons. The maximum absolute atomic E-state index is 12.7. The van der Waals surface area contributed by atoms with Crippen molar-refractivity contribution < 1.29 is 9.53 Å². The van der Waals surface area contributed by atoms with E-state index in [4.69, 9.17) is 16.3 Å². The molecule has 0 aliphatic rings. The van der Waals surface area contributed by atoms with Crippen molar-refractivity contribution in [1.82, 2.24) is 9.88 Å². The van der Waals surface area contributed by atoms with Gasteiger partial charge in [-0.1, -0.05) is 60.1 Å². The largest absolute Gasteiger partial charge is 0.492 e. The number of nitriles is 1. The van der Waals surface area contributed by atoms with Gasteiger partial charge in [0.2, 0.25) is 5.91 Å². The van der Waals surface area contributed by atoms with E-state index < -0.39 is 0 Å². The van der Waals surface area contributed by atoms with Crippen molar-refractivity contribution in [3.8, 4) is 11.8 Å². The van der Waals surface area contributed by atoms with E-state index in [0.717, 1.165) is 5.69 Å². The summed E-state index contributed by atoms with van der Waals surface area (Å²) in [7, 11) is 3.85. The van der Waals surface area contributed by atoms with Gasteiger partial charge in [-0.3, -0.25) is 9.78 Å². The molecule has 44 heavy (non-hydrogen) atoms. The van der Waals surface area contributed by atoms with Crippen LogP contribution >= 0.6 is 11.6 Å². The number of hydrogen-bond acceptors (Lipinski definition) is 7. The summed E-state index contributed by atoms with van der Waals surface area (Å²) in [5, 5.41) is 23.2. The average Bonchev–Trinajstić information content (AvgIpc) is 3.01. The lowest BCUT2D eigenvalue weighted by Gasteiger charge is -2.17. The van der Waals surface area contributed by atoms with Gasteiger partial charge in [0.15, 0.2) is 0 Å². The molecule has 0 aliphatic heterocycles.